The third-order valence-corrected chi connectivity index (χ3v) is 5.36. The molecule has 0 fully saturated rings. The molecule has 0 radical (unpaired) electrons. The fourth-order valence-electron chi connectivity index (χ4n) is 2.99. The quantitative estimate of drug-likeness (QED) is 0.0622. The van der Waals surface area contributed by atoms with Crippen molar-refractivity contribution >= 4 is 21.9 Å². The van der Waals surface area contributed by atoms with Crippen molar-refractivity contribution in [1.82, 2.24) is 0 Å². The zero-order valence-electron chi connectivity index (χ0n) is 24.7. The lowest BCUT2D eigenvalue weighted by Gasteiger charge is -2.09. The fourth-order valence-corrected chi connectivity index (χ4v) is 3.22. The topological polar surface area (TPSA) is 119 Å². The van der Waals surface area contributed by atoms with Gasteiger partial charge in [0, 0.05) is 5.33 Å². The van der Waals surface area contributed by atoms with Crippen molar-refractivity contribution in [2.45, 2.75) is 0 Å². The smallest absolute Gasteiger partial charge is 0.338 e. The predicted octanol–water partition coefficient (Wildman–Crippen LogP) is 2.40. The molecule has 13 heteroatoms. The van der Waals surface area contributed by atoms with E-state index in [2.05, 4.69) is 15.9 Å². The Hall–Kier alpha value is -1.23. The normalized spacial score (nSPS) is 11.3. The number of hydrogen-bond donors (Lipinski definition) is 0. The summed E-state index contributed by atoms with van der Waals surface area (Å²) in [5.41, 5.74) is 0.527. The Kier molecular flexibility index (Phi) is 30.2. The number of carbonyl (C=O) groups excluding carboxylic acids is 1. The Labute approximate surface area is 258 Å². The van der Waals surface area contributed by atoms with Crippen molar-refractivity contribution in [3.63, 3.8) is 0 Å². The summed E-state index contributed by atoms with van der Waals surface area (Å²) in [5.74, 6) is -0.355. The van der Waals surface area contributed by atoms with Gasteiger partial charge in [0.1, 0.15) is 6.61 Å². The van der Waals surface area contributed by atoms with E-state index in [1.165, 1.54) is 0 Å². The first-order valence-electron chi connectivity index (χ1n) is 14.4. The van der Waals surface area contributed by atoms with Crippen LogP contribution in [0.25, 0.3) is 0 Å². The third-order valence-electron chi connectivity index (χ3n) is 5.04. The zero-order valence-corrected chi connectivity index (χ0v) is 26.3. The molecule has 1 aromatic carbocycles. The molecule has 42 heavy (non-hydrogen) atoms. The summed E-state index contributed by atoms with van der Waals surface area (Å²) in [5, 5.41) is 0.835. The molecule has 0 amide bonds. The monoisotopic (exact) mass is 668 g/mol. The van der Waals surface area contributed by atoms with Crippen LogP contribution in [-0.4, -0.2) is 150 Å². The molecule has 0 saturated carbocycles. The number of ether oxygens (including phenoxy) is 11. The largest absolute Gasteiger partial charge is 0.460 e. The second kappa shape index (κ2) is 32.7. The minimum atomic E-state index is -0.355. The molecule has 0 heterocycles. The summed E-state index contributed by atoms with van der Waals surface area (Å²) in [4.78, 5) is 11.8. The van der Waals surface area contributed by atoms with E-state index in [4.69, 9.17) is 52.1 Å². The van der Waals surface area contributed by atoms with E-state index in [-0.39, 0.29) is 12.6 Å². The summed E-state index contributed by atoms with van der Waals surface area (Å²) in [7, 11) is 0. The van der Waals surface area contributed by atoms with E-state index < -0.39 is 0 Å². The lowest BCUT2D eigenvalue weighted by molar-refractivity contribution is -0.0269. The average Bonchev–Trinajstić information content (AvgIpc) is 3.02. The van der Waals surface area contributed by atoms with Crippen molar-refractivity contribution in [1.29, 1.82) is 0 Å². The van der Waals surface area contributed by atoms with Gasteiger partial charge < -0.3 is 52.1 Å². The molecule has 0 bridgehead atoms. The minimum absolute atomic E-state index is 0.204. The Bertz CT molecular complexity index is 686. The minimum Gasteiger partial charge on any atom is -0.460 e. The van der Waals surface area contributed by atoms with E-state index in [1.54, 1.807) is 24.3 Å². The summed E-state index contributed by atoms with van der Waals surface area (Å²) in [6, 6.07) is 8.85. The maximum Gasteiger partial charge on any atom is 0.338 e. The molecular weight excluding hydrogens is 620 g/mol. The molecule has 0 saturated heterocycles. The van der Waals surface area contributed by atoms with Gasteiger partial charge in [-0.15, -0.1) is 0 Å². The van der Waals surface area contributed by atoms with Crippen molar-refractivity contribution in [3.05, 3.63) is 35.9 Å². The average molecular weight is 670 g/mol. The molecule has 12 nitrogen and oxygen atoms in total. The first-order valence-corrected chi connectivity index (χ1v) is 15.5. The Morgan fingerprint density at radius 1 is 0.405 bits per heavy atom. The molecule has 0 N–H and O–H groups in total. The summed E-state index contributed by atoms with van der Waals surface area (Å²) in [6.07, 6.45) is 0. The van der Waals surface area contributed by atoms with E-state index in [0.29, 0.717) is 138 Å². The van der Waals surface area contributed by atoms with Crippen molar-refractivity contribution < 1.29 is 56.9 Å². The van der Waals surface area contributed by atoms with Gasteiger partial charge in [0.2, 0.25) is 0 Å². The Morgan fingerprint density at radius 2 is 0.667 bits per heavy atom. The second-order valence-electron chi connectivity index (χ2n) is 8.31. The molecule has 1 aromatic rings. The molecule has 0 atom stereocenters. The van der Waals surface area contributed by atoms with Crippen LogP contribution in [0.1, 0.15) is 10.4 Å². The predicted molar refractivity (Wildman–Crippen MR) is 159 cm³/mol. The number of benzene rings is 1. The van der Waals surface area contributed by atoms with Gasteiger partial charge >= 0.3 is 5.97 Å². The third kappa shape index (κ3) is 27.6. The number of rotatable bonds is 33. The molecule has 0 aliphatic heterocycles. The van der Waals surface area contributed by atoms with Gasteiger partial charge in [-0.1, -0.05) is 34.1 Å². The van der Waals surface area contributed by atoms with Gasteiger partial charge in [0.25, 0.3) is 0 Å². The first kappa shape index (κ1) is 38.8. The summed E-state index contributed by atoms with van der Waals surface area (Å²) < 4.78 is 59.3. The maximum absolute atomic E-state index is 11.8. The van der Waals surface area contributed by atoms with Crippen LogP contribution in [0.2, 0.25) is 0 Å². The molecule has 1 rings (SSSR count). The second-order valence-corrected chi connectivity index (χ2v) is 9.11. The van der Waals surface area contributed by atoms with Crippen LogP contribution in [0, 0.1) is 0 Å². The highest BCUT2D eigenvalue weighted by Gasteiger charge is 2.05. The molecular formula is C29H49BrO12. The van der Waals surface area contributed by atoms with Crippen LogP contribution in [0.4, 0.5) is 0 Å². The highest BCUT2D eigenvalue weighted by molar-refractivity contribution is 9.09. The van der Waals surface area contributed by atoms with Gasteiger partial charge in [-0.25, -0.2) is 4.79 Å². The van der Waals surface area contributed by atoms with Gasteiger partial charge in [-0.05, 0) is 12.1 Å². The van der Waals surface area contributed by atoms with Crippen LogP contribution < -0.4 is 0 Å². The van der Waals surface area contributed by atoms with Gasteiger partial charge in [0.05, 0.1) is 138 Å². The number of hydrogen-bond acceptors (Lipinski definition) is 12. The maximum atomic E-state index is 11.8. The SMILES string of the molecule is O=C(OCCOCCOCCOCCOCCOCCOCCOCCOCCOCCOCCBr)c1ccccc1. The Balaban J connectivity index is 1.64. The van der Waals surface area contributed by atoms with Crippen LogP contribution in [0.5, 0.6) is 0 Å². The Morgan fingerprint density at radius 3 is 0.952 bits per heavy atom. The molecule has 0 unspecified atom stereocenters. The van der Waals surface area contributed by atoms with E-state index in [0.717, 1.165) is 5.33 Å². The van der Waals surface area contributed by atoms with Gasteiger partial charge in [0.15, 0.2) is 0 Å². The van der Waals surface area contributed by atoms with Crippen LogP contribution in [0.15, 0.2) is 30.3 Å². The summed E-state index contributed by atoms with van der Waals surface area (Å²) >= 11 is 3.30. The van der Waals surface area contributed by atoms with Crippen LogP contribution in [-0.2, 0) is 52.1 Å². The van der Waals surface area contributed by atoms with E-state index >= 15 is 0 Å². The number of alkyl halides is 1. The van der Waals surface area contributed by atoms with Crippen LogP contribution >= 0.6 is 15.9 Å². The van der Waals surface area contributed by atoms with Gasteiger partial charge in [-0.2, -0.15) is 0 Å². The highest BCUT2D eigenvalue weighted by Crippen LogP contribution is 2.00. The number of esters is 1. The van der Waals surface area contributed by atoms with Crippen molar-refractivity contribution in [2.75, 3.05) is 144 Å². The van der Waals surface area contributed by atoms with E-state index in [9.17, 15) is 4.79 Å². The van der Waals surface area contributed by atoms with E-state index in [1.807, 2.05) is 6.07 Å². The van der Waals surface area contributed by atoms with Gasteiger partial charge in [-0.3, -0.25) is 0 Å². The van der Waals surface area contributed by atoms with Crippen molar-refractivity contribution in [2.24, 2.45) is 0 Å². The lowest BCUT2D eigenvalue weighted by atomic mass is 10.2. The number of carbonyl (C=O) groups is 1. The fraction of sp³-hybridized carbons (Fsp3) is 0.759. The lowest BCUT2D eigenvalue weighted by Crippen LogP contribution is -2.15. The molecule has 0 aliphatic rings. The molecule has 0 aliphatic carbocycles. The zero-order chi connectivity index (χ0) is 30.0. The summed E-state index contributed by atoms with van der Waals surface area (Å²) in [6.45, 7) is 10.4. The van der Waals surface area contributed by atoms with Crippen LogP contribution in [0.3, 0.4) is 0 Å². The molecule has 0 spiro atoms. The molecule has 0 aromatic heterocycles. The standard InChI is InChI=1S/C29H49BrO12/c30-6-7-32-8-9-33-10-11-34-12-13-35-14-15-36-16-17-37-18-19-38-20-21-39-22-23-40-24-25-41-26-27-42-29(31)28-4-2-1-3-5-28/h1-5H,6-27H2. The highest BCUT2D eigenvalue weighted by atomic mass is 79.9. The number of halogens is 1. The van der Waals surface area contributed by atoms with Crippen molar-refractivity contribution in [3.8, 4) is 0 Å². The first-order chi connectivity index (χ1) is 20.8. The molecule has 244 valence electrons.